The Morgan fingerprint density at radius 1 is 0.839 bits per heavy atom. The average molecular weight is 409 g/mol. The molecule has 0 spiro atoms. The summed E-state index contributed by atoms with van der Waals surface area (Å²) >= 11 is 0. The predicted octanol–water partition coefficient (Wildman–Crippen LogP) is 5.86. The quantitative estimate of drug-likeness (QED) is 0.348. The van der Waals surface area contributed by atoms with Crippen LogP contribution in [0, 0.1) is 0 Å². The van der Waals surface area contributed by atoms with Crippen molar-refractivity contribution in [1.29, 1.82) is 0 Å². The van der Waals surface area contributed by atoms with Gasteiger partial charge in [0.1, 0.15) is 6.61 Å². The number of hydrogen-bond donors (Lipinski definition) is 0. The van der Waals surface area contributed by atoms with Crippen molar-refractivity contribution in [3.05, 3.63) is 78.5 Å². The third-order valence-electron chi connectivity index (χ3n) is 5.70. The van der Waals surface area contributed by atoms with E-state index in [2.05, 4.69) is 18.2 Å². The smallest absolute Gasteiger partial charge is 0.231 e. The fourth-order valence-corrected chi connectivity index (χ4v) is 4.19. The van der Waals surface area contributed by atoms with Gasteiger partial charge in [-0.05, 0) is 40.6 Å². The van der Waals surface area contributed by atoms with Gasteiger partial charge in [0.05, 0.1) is 12.6 Å². The topological polar surface area (TPSA) is 49.8 Å². The predicted molar refractivity (Wildman–Crippen MR) is 120 cm³/mol. The first kappa shape index (κ1) is 17.8. The lowest BCUT2D eigenvalue weighted by Gasteiger charge is -2.14. The van der Waals surface area contributed by atoms with Crippen LogP contribution in [0.4, 0.5) is 0 Å². The van der Waals surface area contributed by atoms with Crippen LogP contribution in [0.2, 0.25) is 0 Å². The van der Waals surface area contributed by atoms with E-state index in [-0.39, 0.29) is 6.79 Å². The minimum Gasteiger partial charge on any atom is -0.492 e. The van der Waals surface area contributed by atoms with Gasteiger partial charge in [0.15, 0.2) is 23.0 Å². The van der Waals surface area contributed by atoms with Crippen LogP contribution >= 0.6 is 0 Å². The van der Waals surface area contributed by atoms with Crippen molar-refractivity contribution in [2.45, 2.75) is 6.61 Å². The van der Waals surface area contributed by atoms with Gasteiger partial charge in [-0.1, -0.05) is 42.5 Å². The van der Waals surface area contributed by atoms with E-state index in [0.29, 0.717) is 18.1 Å². The van der Waals surface area contributed by atoms with E-state index < -0.39 is 0 Å². The number of methoxy groups -OCH3 is 1. The molecule has 0 saturated heterocycles. The van der Waals surface area contributed by atoms with Crippen LogP contribution in [0.25, 0.3) is 32.4 Å². The van der Waals surface area contributed by atoms with E-state index in [1.54, 1.807) is 7.11 Å². The molecular formula is C26H19NO4. The summed E-state index contributed by atoms with van der Waals surface area (Å²) in [5.41, 5.74) is 2.02. The molecule has 1 aliphatic rings. The number of rotatable bonds is 4. The van der Waals surface area contributed by atoms with Gasteiger partial charge in [-0.15, -0.1) is 0 Å². The van der Waals surface area contributed by atoms with Gasteiger partial charge in [-0.25, -0.2) is 0 Å². The van der Waals surface area contributed by atoms with Gasteiger partial charge >= 0.3 is 0 Å². The van der Waals surface area contributed by atoms with Gasteiger partial charge in [0.25, 0.3) is 0 Å². The van der Waals surface area contributed by atoms with Gasteiger partial charge in [-0.2, -0.15) is 0 Å². The average Bonchev–Trinajstić information content (AvgIpc) is 3.28. The maximum Gasteiger partial charge on any atom is 0.231 e. The van der Waals surface area contributed by atoms with Crippen molar-refractivity contribution in [2.24, 2.45) is 0 Å². The minimum absolute atomic E-state index is 0.253. The number of fused-ring (bicyclic) bond motifs is 6. The Morgan fingerprint density at radius 3 is 2.48 bits per heavy atom. The highest BCUT2D eigenvalue weighted by Gasteiger charge is 2.18. The molecule has 0 bridgehead atoms. The Labute approximate surface area is 178 Å². The Morgan fingerprint density at radius 2 is 1.65 bits per heavy atom. The van der Waals surface area contributed by atoms with E-state index in [4.69, 9.17) is 23.9 Å². The summed E-state index contributed by atoms with van der Waals surface area (Å²) in [6, 6.07) is 22.3. The molecule has 0 aliphatic carbocycles. The molecule has 152 valence electrons. The first-order valence-electron chi connectivity index (χ1n) is 10.1. The third-order valence-corrected chi connectivity index (χ3v) is 5.70. The lowest BCUT2D eigenvalue weighted by Crippen LogP contribution is -1.98. The van der Waals surface area contributed by atoms with Crippen LogP contribution in [0.5, 0.6) is 23.0 Å². The van der Waals surface area contributed by atoms with Crippen molar-refractivity contribution >= 4 is 32.4 Å². The normalized spacial score (nSPS) is 12.5. The molecule has 0 atom stereocenters. The maximum absolute atomic E-state index is 6.07. The van der Waals surface area contributed by atoms with E-state index in [1.165, 1.54) is 0 Å². The largest absolute Gasteiger partial charge is 0.492 e. The molecule has 0 saturated carbocycles. The highest BCUT2D eigenvalue weighted by molar-refractivity contribution is 6.16. The summed E-state index contributed by atoms with van der Waals surface area (Å²) in [4.78, 5) is 4.80. The van der Waals surface area contributed by atoms with Crippen molar-refractivity contribution < 1.29 is 18.9 Å². The summed E-state index contributed by atoms with van der Waals surface area (Å²) in [7, 11) is 1.66. The zero-order valence-electron chi connectivity index (χ0n) is 16.9. The van der Waals surface area contributed by atoms with E-state index in [1.807, 2.05) is 54.7 Å². The first-order chi connectivity index (χ1) is 15.3. The second-order valence-electron chi connectivity index (χ2n) is 7.48. The highest BCUT2D eigenvalue weighted by atomic mass is 16.7. The summed E-state index contributed by atoms with van der Waals surface area (Å²) in [6.07, 6.45) is 1.86. The monoisotopic (exact) mass is 409 g/mol. The highest BCUT2D eigenvalue weighted by Crippen LogP contribution is 2.42. The van der Waals surface area contributed by atoms with E-state index in [9.17, 15) is 0 Å². The molecule has 2 heterocycles. The van der Waals surface area contributed by atoms with Crippen LogP contribution in [0.15, 0.2) is 72.9 Å². The van der Waals surface area contributed by atoms with Crippen LogP contribution in [0.3, 0.4) is 0 Å². The molecule has 5 heteroatoms. The molecule has 4 aromatic carbocycles. The number of pyridine rings is 1. The molecule has 5 nitrogen and oxygen atoms in total. The molecule has 5 aromatic rings. The van der Waals surface area contributed by atoms with Gasteiger partial charge in [0.2, 0.25) is 6.79 Å². The minimum atomic E-state index is 0.253. The Balaban J connectivity index is 1.49. The summed E-state index contributed by atoms with van der Waals surface area (Å²) in [5, 5.41) is 5.14. The Kier molecular flexibility index (Phi) is 4.06. The standard InChI is InChI=1S/C26H19NO4/c1-28-26-21-13-27-25-19(8-7-17-11-23-24(12-20(17)25)31-15-30-23)18(21)9-10-22(26)29-14-16-5-3-2-4-6-16/h2-13H,14-15H2,1H3. The SMILES string of the molecule is COc1c(OCc2ccccc2)ccc2c1cnc1c3cc4c(cc3ccc21)OCO4. The Hall–Kier alpha value is -3.99. The van der Waals surface area contributed by atoms with E-state index in [0.717, 1.165) is 49.5 Å². The number of nitrogens with zero attached hydrogens (tertiary/aromatic N) is 1. The van der Waals surface area contributed by atoms with E-state index >= 15 is 0 Å². The first-order valence-corrected chi connectivity index (χ1v) is 10.1. The number of aromatic nitrogens is 1. The zero-order valence-corrected chi connectivity index (χ0v) is 16.9. The van der Waals surface area contributed by atoms with Gasteiger partial charge in [0, 0.05) is 22.4 Å². The summed E-state index contributed by atoms with van der Waals surface area (Å²) < 4.78 is 22.9. The van der Waals surface area contributed by atoms with Gasteiger partial charge < -0.3 is 18.9 Å². The maximum atomic E-state index is 6.07. The summed E-state index contributed by atoms with van der Waals surface area (Å²) in [6.45, 7) is 0.727. The number of hydrogen-bond acceptors (Lipinski definition) is 5. The van der Waals surface area contributed by atoms with Crippen LogP contribution < -0.4 is 18.9 Å². The van der Waals surface area contributed by atoms with Crippen molar-refractivity contribution in [3.63, 3.8) is 0 Å². The second-order valence-corrected chi connectivity index (χ2v) is 7.48. The van der Waals surface area contributed by atoms with Crippen LogP contribution in [-0.2, 0) is 6.61 Å². The fourth-order valence-electron chi connectivity index (χ4n) is 4.19. The van der Waals surface area contributed by atoms with Crippen LogP contribution in [0.1, 0.15) is 5.56 Å². The molecule has 1 aromatic heterocycles. The fraction of sp³-hybridized carbons (Fsp3) is 0.115. The van der Waals surface area contributed by atoms with Crippen molar-refractivity contribution in [1.82, 2.24) is 4.98 Å². The molecule has 0 N–H and O–H groups in total. The second kappa shape index (κ2) is 7.06. The molecular weight excluding hydrogens is 390 g/mol. The number of ether oxygens (including phenoxy) is 4. The Bertz CT molecular complexity index is 1450. The lowest BCUT2D eigenvalue weighted by atomic mass is 10.0. The third kappa shape index (κ3) is 2.89. The van der Waals surface area contributed by atoms with Gasteiger partial charge in [-0.3, -0.25) is 4.98 Å². The molecule has 0 amide bonds. The molecule has 6 rings (SSSR count). The van der Waals surface area contributed by atoms with Crippen molar-refractivity contribution in [2.75, 3.05) is 13.9 Å². The van der Waals surface area contributed by atoms with Crippen LogP contribution in [-0.4, -0.2) is 18.9 Å². The molecule has 31 heavy (non-hydrogen) atoms. The molecule has 0 radical (unpaired) electrons. The lowest BCUT2D eigenvalue weighted by molar-refractivity contribution is 0.174. The number of benzene rings is 4. The van der Waals surface area contributed by atoms with Crippen molar-refractivity contribution in [3.8, 4) is 23.0 Å². The molecule has 1 aliphatic heterocycles. The summed E-state index contributed by atoms with van der Waals surface area (Å²) in [5.74, 6) is 2.91. The molecule has 0 fully saturated rings. The molecule has 0 unspecified atom stereocenters. The zero-order chi connectivity index (χ0) is 20.8.